The fraction of sp³-hybridized carbons (Fsp3) is 0.692. The molecule has 0 rings (SSSR count). The molecule has 92 valence electrons. The number of hydrogen-bond donors (Lipinski definition) is 1. The van der Waals surface area contributed by atoms with Crippen molar-refractivity contribution in [2.75, 3.05) is 13.2 Å². The highest BCUT2D eigenvalue weighted by atomic mass is 16.7. The predicted octanol–water partition coefficient (Wildman–Crippen LogP) is 2.11. The van der Waals surface area contributed by atoms with E-state index in [9.17, 15) is 5.11 Å². The first-order valence-electron chi connectivity index (χ1n) is 5.83. The fourth-order valence-corrected chi connectivity index (χ4v) is 1.03. The summed E-state index contributed by atoms with van der Waals surface area (Å²) in [6.45, 7) is 6.93. The monoisotopic (exact) mass is 226 g/mol. The summed E-state index contributed by atoms with van der Waals surface area (Å²) in [6, 6.07) is 0. The molecule has 0 amide bonds. The van der Waals surface area contributed by atoms with Gasteiger partial charge in [0.25, 0.3) is 0 Å². The Morgan fingerprint density at radius 2 is 1.75 bits per heavy atom. The smallest absolute Gasteiger partial charge is 0.222 e. The molecule has 0 aromatic heterocycles. The largest absolute Gasteiger partial charge is 0.377 e. The summed E-state index contributed by atoms with van der Waals surface area (Å²) < 4.78 is 10.5. The Morgan fingerprint density at radius 1 is 1.12 bits per heavy atom. The van der Waals surface area contributed by atoms with Crippen LogP contribution in [0.2, 0.25) is 0 Å². The van der Waals surface area contributed by atoms with Crippen LogP contribution < -0.4 is 0 Å². The summed E-state index contributed by atoms with van der Waals surface area (Å²) >= 11 is 0. The van der Waals surface area contributed by atoms with E-state index in [0.29, 0.717) is 13.2 Å². The van der Waals surface area contributed by atoms with Crippen LogP contribution in [0.25, 0.3) is 0 Å². The number of hydrogen-bond acceptors (Lipinski definition) is 3. The lowest BCUT2D eigenvalue weighted by atomic mass is 10.2. The lowest BCUT2D eigenvalue weighted by Crippen LogP contribution is -2.15. The lowest BCUT2D eigenvalue weighted by Gasteiger charge is -2.09. The number of allylic oxidation sites excluding steroid dienone is 1. The zero-order valence-electron chi connectivity index (χ0n) is 10.4. The summed E-state index contributed by atoms with van der Waals surface area (Å²) in [5.74, 6) is 5.43. The van der Waals surface area contributed by atoms with Crippen LogP contribution >= 0.6 is 0 Å². The average molecular weight is 226 g/mol. The van der Waals surface area contributed by atoms with Crippen molar-refractivity contribution in [3.8, 4) is 11.8 Å². The molecule has 0 aromatic carbocycles. The Morgan fingerprint density at radius 3 is 2.25 bits per heavy atom. The molecule has 0 bridgehead atoms. The predicted molar refractivity (Wildman–Crippen MR) is 64.9 cm³/mol. The summed E-state index contributed by atoms with van der Waals surface area (Å²) in [4.78, 5) is 0. The minimum Gasteiger partial charge on any atom is -0.377 e. The molecular formula is C13H22O3. The Balaban J connectivity index is 4.09. The molecule has 1 N–H and O–H groups in total. The molecule has 0 aliphatic heterocycles. The quantitative estimate of drug-likeness (QED) is 0.410. The van der Waals surface area contributed by atoms with Gasteiger partial charge in [0.2, 0.25) is 6.29 Å². The van der Waals surface area contributed by atoms with Gasteiger partial charge in [-0.1, -0.05) is 25.3 Å². The van der Waals surface area contributed by atoms with Gasteiger partial charge < -0.3 is 14.6 Å². The van der Waals surface area contributed by atoms with Gasteiger partial charge in [0.05, 0.1) is 0 Å². The number of ether oxygens (including phenoxy) is 2. The Hall–Kier alpha value is -0.820. The summed E-state index contributed by atoms with van der Waals surface area (Å²) in [5.41, 5.74) is 0. The van der Waals surface area contributed by atoms with Crippen LogP contribution in [-0.2, 0) is 9.47 Å². The third-order valence-corrected chi connectivity index (χ3v) is 1.76. The van der Waals surface area contributed by atoms with Crippen LogP contribution in [0.5, 0.6) is 0 Å². The van der Waals surface area contributed by atoms with Gasteiger partial charge in [-0.05, 0) is 32.3 Å². The molecule has 0 saturated heterocycles. The summed E-state index contributed by atoms with van der Waals surface area (Å²) in [5, 5.41) is 9.49. The van der Waals surface area contributed by atoms with E-state index in [0.717, 1.165) is 12.8 Å². The molecule has 0 aliphatic carbocycles. The van der Waals surface area contributed by atoms with Crippen LogP contribution in [0.15, 0.2) is 12.2 Å². The molecule has 3 heteroatoms. The molecule has 1 atom stereocenters. The standard InChI is InChI=1S/C13H22O3/c1-4-7-8-9-12(14)10-11-13(15-5-2)16-6-3/h8-9,12-14H,4-7H2,1-3H3/b9-8+/t12-/m0/s1. The van der Waals surface area contributed by atoms with Crippen molar-refractivity contribution >= 4 is 0 Å². The minimum absolute atomic E-state index is 0.538. The summed E-state index contributed by atoms with van der Waals surface area (Å²) in [7, 11) is 0. The molecular weight excluding hydrogens is 204 g/mol. The van der Waals surface area contributed by atoms with E-state index in [4.69, 9.17) is 9.47 Å². The highest BCUT2D eigenvalue weighted by molar-refractivity contribution is 5.13. The van der Waals surface area contributed by atoms with Gasteiger partial charge in [-0.25, -0.2) is 0 Å². The Labute approximate surface area is 98.4 Å². The number of rotatable bonds is 7. The molecule has 0 aliphatic rings. The number of aliphatic hydroxyl groups is 1. The van der Waals surface area contributed by atoms with Crippen molar-refractivity contribution < 1.29 is 14.6 Å². The zero-order chi connectivity index (χ0) is 12.2. The van der Waals surface area contributed by atoms with Crippen molar-refractivity contribution in [2.24, 2.45) is 0 Å². The molecule has 0 spiro atoms. The van der Waals surface area contributed by atoms with Gasteiger partial charge in [-0.15, -0.1) is 0 Å². The van der Waals surface area contributed by atoms with Crippen molar-refractivity contribution in [1.82, 2.24) is 0 Å². The first-order valence-corrected chi connectivity index (χ1v) is 5.83. The lowest BCUT2D eigenvalue weighted by molar-refractivity contribution is -0.0971. The molecule has 0 aromatic rings. The van der Waals surface area contributed by atoms with Gasteiger partial charge in [-0.2, -0.15) is 0 Å². The first kappa shape index (κ1) is 15.2. The second-order valence-corrected chi connectivity index (χ2v) is 3.19. The molecule has 0 saturated carbocycles. The maximum atomic E-state index is 9.49. The molecule has 3 nitrogen and oxygen atoms in total. The van der Waals surface area contributed by atoms with Gasteiger partial charge in [0.15, 0.2) is 0 Å². The van der Waals surface area contributed by atoms with Gasteiger partial charge in [0, 0.05) is 13.2 Å². The van der Waals surface area contributed by atoms with E-state index in [1.54, 1.807) is 6.08 Å². The summed E-state index contributed by atoms with van der Waals surface area (Å²) in [6.07, 6.45) is 4.36. The van der Waals surface area contributed by atoms with Crippen molar-refractivity contribution in [1.29, 1.82) is 0 Å². The van der Waals surface area contributed by atoms with E-state index in [2.05, 4.69) is 18.8 Å². The topological polar surface area (TPSA) is 38.7 Å². The molecule has 16 heavy (non-hydrogen) atoms. The van der Waals surface area contributed by atoms with E-state index >= 15 is 0 Å². The van der Waals surface area contributed by atoms with E-state index in [1.165, 1.54) is 0 Å². The minimum atomic E-state index is -0.741. The fourth-order valence-electron chi connectivity index (χ4n) is 1.03. The van der Waals surface area contributed by atoms with Crippen molar-refractivity contribution in [3.63, 3.8) is 0 Å². The average Bonchev–Trinajstić information content (AvgIpc) is 2.27. The van der Waals surface area contributed by atoms with Crippen LogP contribution in [-0.4, -0.2) is 30.7 Å². The number of aliphatic hydroxyl groups excluding tert-OH is 1. The normalized spacial score (nSPS) is 12.8. The van der Waals surface area contributed by atoms with Gasteiger partial charge >= 0.3 is 0 Å². The molecule has 0 radical (unpaired) electrons. The SMILES string of the molecule is CCC/C=C/[C@H](O)C#CC(OCC)OCC. The van der Waals surface area contributed by atoms with E-state index < -0.39 is 12.4 Å². The maximum Gasteiger partial charge on any atom is 0.222 e. The second-order valence-electron chi connectivity index (χ2n) is 3.19. The zero-order valence-corrected chi connectivity index (χ0v) is 10.4. The van der Waals surface area contributed by atoms with Crippen LogP contribution in [0.3, 0.4) is 0 Å². The number of unbranched alkanes of at least 4 members (excludes halogenated alkanes) is 1. The highest BCUT2D eigenvalue weighted by Crippen LogP contribution is 1.95. The first-order chi connectivity index (χ1) is 7.74. The Bertz CT molecular complexity index is 231. The maximum absolute atomic E-state index is 9.49. The molecule has 0 unspecified atom stereocenters. The van der Waals surface area contributed by atoms with Crippen LogP contribution in [0.4, 0.5) is 0 Å². The van der Waals surface area contributed by atoms with Crippen LogP contribution in [0.1, 0.15) is 33.6 Å². The third-order valence-electron chi connectivity index (χ3n) is 1.76. The van der Waals surface area contributed by atoms with Gasteiger partial charge in [-0.3, -0.25) is 0 Å². The van der Waals surface area contributed by atoms with Crippen molar-refractivity contribution in [3.05, 3.63) is 12.2 Å². The molecule has 0 fully saturated rings. The molecule has 0 heterocycles. The van der Waals surface area contributed by atoms with Gasteiger partial charge in [0.1, 0.15) is 6.10 Å². The Kier molecular flexibility index (Phi) is 10.1. The highest BCUT2D eigenvalue weighted by Gasteiger charge is 2.02. The van der Waals surface area contributed by atoms with E-state index in [1.807, 2.05) is 19.9 Å². The van der Waals surface area contributed by atoms with E-state index in [-0.39, 0.29) is 0 Å². The second kappa shape index (κ2) is 10.7. The van der Waals surface area contributed by atoms with Crippen LogP contribution in [0, 0.1) is 11.8 Å². The van der Waals surface area contributed by atoms with Crippen molar-refractivity contribution in [2.45, 2.75) is 46.0 Å². The third kappa shape index (κ3) is 8.49.